The lowest BCUT2D eigenvalue weighted by molar-refractivity contribution is -0.186. The van der Waals surface area contributed by atoms with Gasteiger partial charge in [0.15, 0.2) is 0 Å². The molecule has 1 aliphatic carbocycles. The number of aromatic nitrogens is 1. The number of hydrogen-bond acceptors (Lipinski definition) is 2. The Morgan fingerprint density at radius 3 is 2.74 bits per heavy atom. The van der Waals surface area contributed by atoms with Crippen molar-refractivity contribution in [2.75, 3.05) is 0 Å². The Balaban J connectivity index is 1.94. The lowest BCUT2D eigenvalue weighted by atomic mass is 9.76. The van der Waals surface area contributed by atoms with E-state index in [9.17, 15) is 13.2 Å². The van der Waals surface area contributed by atoms with Crippen LogP contribution in [-0.2, 0) is 6.42 Å². The normalized spacial score (nSPS) is 26.1. The maximum absolute atomic E-state index is 12.8. The highest BCUT2D eigenvalue weighted by Gasteiger charge is 2.43. The summed E-state index contributed by atoms with van der Waals surface area (Å²) in [7, 11) is 0. The number of alkyl halides is 3. The fourth-order valence-corrected chi connectivity index (χ4v) is 2.84. The predicted molar refractivity (Wildman–Crippen MR) is 67.4 cm³/mol. The molecule has 0 amide bonds. The van der Waals surface area contributed by atoms with Gasteiger partial charge in [0.05, 0.1) is 5.92 Å². The average Bonchev–Trinajstić information content (AvgIpc) is 2.39. The molecule has 1 saturated carbocycles. The van der Waals surface area contributed by atoms with Crippen LogP contribution in [0.15, 0.2) is 24.4 Å². The number of halogens is 3. The molecular formula is C14H19F3N2. The highest BCUT2D eigenvalue weighted by Crippen LogP contribution is 2.40. The standard InChI is InChI=1S/C14H19F3N2/c15-14(16,17)11-5-3-4-10(8-11)13(18)9-12-6-1-2-7-19-12/h1-2,6-7,10-11,13H,3-5,8-9,18H2. The zero-order valence-electron chi connectivity index (χ0n) is 10.7. The molecule has 1 aromatic heterocycles. The second-order valence-corrected chi connectivity index (χ2v) is 5.35. The number of pyridine rings is 1. The van der Waals surface area contributed by atoms with Crippen LogP contribution >= 0.6 is 0 Å². The van der Waals surface area contributed by atoms with Crippen molar-refractivity contribution < 1.29 is 13.2 Å². The summed E-state index contributed by atoms with van der Waals surface area (Å²) >= 11 is 0. The molecule has 2 nitrogen and oxygen atoms in total. The van der Waals surface area contributed by atoms with Crippen molar-refractivity contribution in [1.29, 1.82) is 0 Å². The first-order chi connectivity index (χ1) is 8.97. The first-order valence-electron chi connectivity index (χ1n) is 6.69. The molecule has 0 radical (unpaired) electrons. The minimum atomic E-state index is -4.08. The summed E-state index contributed by atoms with van der Waals surface area (Å²) in [6.07, 6.45) is -0.0277. The molecule has 1 aliphatic rings. The summed E-state index contributed by atoms with van der Waals surface area (Å²) in [5.41, 5.74) is 6.93. The summed E-state index contributed by atoms with van der Waals surface area (Å²) in [4.78, 5) is 4.18. The summed E-state index contributed by atoms with van der Waals surface area (Å²) < 4.78 is 38.3. The Morgan fingerprint density at radius 2 is 2.11 bits per heavy atom. The summed E-state index contributed by atoms with van der Waals surface area (Å²) in [5, 5.41) is 0. The van der Waals surface area contributed by atoms with Crippen molar-refractivity contribution in [2.24, 2.45) is 17.6 Å². The molecular weight excluding hydrogens is 253 g/mol. The molecule has 0 aromatic carbocycles. The van der Waals surface area contributed by atoms with Crippen LogP contribution in [0.5, 0.6) is 0 Å². The van der Waals surface area contributed by atoms with Crippen molar-refractivity contribution >= 4 is 0 Å². The Hall–Kier alpha value is -1.10. The van der Waals surface area contributed by atoms with Gasteiger partial charge in [-0.05, 0) is 37.3 Å². The van der Waals surface area contributed by atoms with Gasteiger partial charge >= 0.3 is 6.18 Å². The molecule has 19 heavy (non-hydrogen) atoms. The summed E-state index contributed by atoms with van der Waals surface area (Å²) in [5.74, 6) is -1.23. The highest BCUT2D eigenvalue weighted by molar-refractivity contribution is 5.05. The van der Waals surface area contributed by atoms with E-state index >= 15 is 0 Å². The molecule has 5 heteroatoms. The maximum Gasteiger partial charge on any atom is 0.391 e. The van der Waals surface area contributed by atoms with Crippen molar-refractivity contribution in [2.45, 2.75) is 44.3 Å². The van der Waals surface area contributed by atoms with Gasteiger partial charge < -0.3 is 5.73 Å². The van der Waals surface area contributed by atoms with E-state index in [0.29, 0.717) is 12.8 Å². The predicted octanol–water partition coefficient (Wildman–Crippen LogP) is 3.32. The third-order valence-electron chi connectivity index (χ3n) is 3.95. The van der Waals surface area contributed by atoms with Crippen LogP contribution in [0.2, 0.25) is 0 Å². The average molecular weight is 272 g/mol. The largest absolute Gasteiger partial charge is 0.391 e. The fourth-order valence-electron chi connectivity index (χ4n) is 2.84. The van der Waals surface area contributed by atoms with E-state index in [0.717, 1.165) is 12.1 Å². The molecule has 2 rings (SSSR count). The van der Waals surface area contributed by atoms with Gasteiger partial charge in [-0.1, -0.05) is 12.5 Å². The molecule has 1 heterocycles. The number of hydrogen-bond donors (Lipinski definition) is 1. The van der Waals surface area contributed by atoms with Crippen LogP contribution in [0.25, 0.3) is 0 Å². The highest BCUT2D eigenvalue weighted by atomic mass is 19.4. The summed E-state index contributed by atoms with van der Waals surface area (Å²) in [6.45, 7) is 0. The first-order valence-corrected chi connectivity index (χ1v) is 6.69. The number of rotatable bonds is 3. The van der Waals surface area contributed by atoms with E-state index in [4.69, 9.17) is 5.73 Å². The second kappa shape index (κ2) is 5.90. The van der Waals surface area contributed by atoms with Gasteiger partial charge in [0.1, 0.15) is 0 Å². The van der Waals surface area contributed by atoms with E-state index < -0.39 is 12.1 Å². The van der Waals surface area contributed by atoms with E-state index in [-0.39, 0.29) is 24.8 Å². The van der Waals surface area contributed by atoms with Crippen LogP contribution in [0.1, 0.15) is 31.4 Å². The molecule has 2 N–H and O–H groups in total. The van der Waals surface area contributed by atoms with Crippen molar-refractivity contribution in [3.05, 3.63) is 30.1 Å². The van der Waals surface area contributed by atoms with Gasteiger partial charge in [-0.2, -0.15) is 13.2 Å². The van der Waals surface area contributed by atoms with Gasteiger partial charge in [0.2, 0.25) is 0 Å². The molecule has 0 bridgehead atoms. The Bertz CT molecular complexity index is 391. The minimum Gasteiger partial charge on any atom is -0.327 e. The van der Waals surface area contributed by atoms with Gasteiger partial charge in [-0.3, -0.25) is 4.98 Å². The second-order valence-electron chi connectivity index (χ2n) is 5.35. The lowest BCUT2D eigenvalue weighted by Gasteiger charge is -2.33. The topological polar surface area (TPSA) is 38.9 Å². The van der Waals surface area contributed by atoms with Gasteiger partial charge in [0.25, 0.3) is 0 Å². The third kappa shape index (κ3) is 3.93. The van der Waals surface area contributed by atoms with Gasteiger partial charge in [-0.25, -0.2) is 0 Å². The number of nitrogens with zero attached hydrogens (tertiary/aromatic N) is 1. The molecule has 3 atom stereocenters. The Morgan fingerprint density at radius 1 is 1.32 bits per heavy atom. The molecule has 106 valence electrons. The van der Waals surface area contributed by atoms with Crippen molar-refractivity contribution in [3.8, 4) is 0 Å². The van der Waals surface area contributed by atoms with E-state index in [2.05, 4.69) is 4.98 Å². The SMILES string of the molecule is NC(Cc1ccccn1)C1CCCC(C(F)(F)F)C1. The molecule has 1 aromatic rings. The van der Waals surface area contributed by atoms with E-state index in [1.54, 1.807) is 6.20 Å². The smallest absolute Gasteiger partial charge is 0.327 e. The lowest BCUT2D eigenvalue weighted by Crippen LogP contribution is -2.39. The van der Waals surface area contributed by atoms with Crippen molar-refractivity contribution in [1.82, 2.24) is 4.98 Å². The molecule has 1 fully saturated rings. The van der Waals surface area contributed by atoms with Crippen LogP contribution in [-0.4, -0.2) is 17.2 Å². The zero-order chi connectivity index (χ0) is 13.9. The number of nitrogens with two attached hydrogens (primary N) is 1. The van der Waals surface area contributed by atoms with E-state index in [1.807, 2.05) is 18.2 Å². The van der Waals surface area contributed by atoms with Gasteiger partial charge in [0, 0.05) is 24.4 Å². The Kier molecular flexibility index (Phi) is 4.45. The Labute approximate surface area is 111 Å². The summed E-state index contributed by atoms with van der Waals surface area (Å²) in [6, 6.07) is 5.31. The van der Waals surface area contributed by atoms with Gasteiger partial charge in [-0.15, -0.1) is 0 Å². The molecule has 0 saturated heterocycles. The fraction of sp³-hybridized carbons (Fsp3) is 0.643. The third-order valence-corrected chi connectivity index (χ3v) is 3.95. The van der Waals surface area contributed by atoms with Crippen LogP contribution in [0.3, 0.4) is 0 Å². The monoisotopic (exact) mass is 272 g/mol. The quantitative estimate of drug-likeness (QED) is 0.916. The molecule has 3 unspecified atom stereocenters. The molecule has 0 spiro atoms. The minimum absolute atomic E-state index is 0.0534. The molecule has 0 aliphatic heterocycles. The first kappa shape index (κ1) is 14.3. The maximum atomic E-state index is 12.8. The van der Waals surface area contributed by atoms with Crippen LogP contribution in [0.4, 0.5) is 13.2 Å². The zero-order valence-corrected chi connectivity index (χ0v) is 10.7. The van der Waals surface area contributed by atoms with E-state index in [1.165, 1.54) is 0 Å². The van der Waals surface area contributed by atoms with Crippen LogP contribution in [0, 0.1) is 11.8 Å². The van der Waals surface area contributed by atoms with Crippen LogP contribution < -0.4 is 5.73 Å². The van der Waals surface area contributed by atoms with Crippen molar-refractivity contribution in [3.63, 3.8) is 0 Å².